The van der Waals surface area contributed by atoms with Crippen molar-refractivity contribution >= 4 is 11.6 Å². The van der Waals surface area contributed by atoms with Crippen LogP contribution in [0.5, 0.6) is 23.0 Å². The molecule has 1 N–H and O–H groups in total. The number of benzene rings is 3. The Kier molecular flexibility index (Phi) is 7.76. The maximum atomic E-state index is 12.8. The Morgan fingerprint density at radius 1 is 0.806 bits per heavy atom. The average Bonchev–Trinajstić information content (AvgIpc) is 2.80. The van der Waals surface area contributed by atoms with E-state index in [1.807, 2.05) is 62.4 Å². The third-order valence-electron chi connectivity index (χ3n) is 4.48. The van der Waals surface area contributed by atoms with Gasteiger partial charge < -0.3 is 24.3 Å². The molecule has 0 aliphatic heterocycles. The monoisotopic (exact) mass is 421 g/mol. The summed E-state index contributed by atoms with van der Waals surface area (Å²) in [6.07, 6.45) is 0. The second-order valence-corrected chi connectivity index (χ2v) is 6.63. The first-order valence-corrected chi connectivity index (χ1v) is 10.2. The molecule has 0 radical (unpaired) electrons. The first-order valence-electron chi connectivity index (χ1n) is 10.2. The molecule has 0 saturated carbocycles. The highest BCUT2D eigenvalue weighted by Gasteiger charge is 2.12. The van der Waals surface area contributed by atoms with E-state index >= 15 is 0 Å². The zero-order valence-electron chi connectivity index (χ0n) is 18.0. The van der Waals surface area contributed by atoms with Crippen LogP contribution in [0.25, 0.3) is 0 Å². The highest BCUT2D eigenvalue weighted by molar-refractivity contribution is 6.04. The average molecular weight is 421 g/mol. The van der Waals surface area contributed by atoms with Gasteiger partial charge in [0.2, 0.25) is 0 Å². The van der Waals surface area contributed by atoms with Gasteiger partial charge in [-0.25, -0.2) is 0 Å². The molecular weight excluding hydrogens is 394 g/mol. The molecular formula is C25H27NO5. The molecule has 31 heavy (non-hydrogen) atoms. The molecule has 3 rings (SSSR count). The minimum atomic E-state index is -0.213. The topological polar surface area (TPSA) is 66.0 Å². The lowest BCUT2D eigenvalue weighted by molar-refractivity contribution is 0.102. The van der Waals surface area contributed by atoms with E-state index < -0.39 is 0 Å². The smallest absolute Gasteiger partial charge is 0.255 e. The number of amides is 1. The molecule has 3 aromatic carbocycles. The van der Waals surface area contributed by atoms with Gasteiger partial charge in [-0.05, 0) is 68.4 Å². The molecule has 0 heterocycles. The van der Waals surface area contributed by atoms with Crippen molar-refractivity contribution in [1.29, 1.82) is 0 Å². The van der Waals surface area contributed by atoms with E-state index in [4.69, 9.17) is 18.9 Å². The molecule has 0 saturated heterocycles. The summed E-state index contributed by atoms with van der Waals surface area (Å²) < 4.78 is 22.3. The summed E-state index contributed by atoms with van der Waals surface area (Å²) in [5.41, 5.74) is 1.99. The van der Waals surface area contributed by atoms with Gasteiger partial charge in [-0.1, -0.05) is 6.07 Å². The Morgan fingerprint density at radius 2 is 1.55 bits per heavy atom. The predicted octanol–water partition coefficient (Wildman–Crippen LogP) is 5.32. The number of hydrogen-bond donors (Lipinski definition) is 1. The fourth-order valence-corrected chi connectivity index (χ4v) is 2.99. The molecule has 6 nitrogen and oxygen atoms in total. The number of carbonyl (C=O) groups excluding carboxylic acids is 1. The van der Waals surface area contributed by atoms with Crippen LogP contribution in [0.4, 0.5) is 5.69 Å². The van der Waals surface area contributed by atoms with E-state index in [2.05, 4.69) is 5.32 Å². The van der Waals surface area contributed by atoms with E-state index in [1.165, 1.54) is 0 Å². The normalized spacial score (nSPS) is 10.3. The van der Waals surface area contributed by atoms with Gasteiger partial charge in [-0.3, -0.25) is 4.79 Å². The number of carbonyl (C=O) groups is 1. The third-order valence-corrected chi connectivity index (χ3v) is 4.48. The first kappa shape index (κ1) is 22.0. The van der Waals surface area contributed by atoms with Crippen LogP contribution >= 0.6 is 0 Å². The Morgan fingerprint density at radius 3 is 2.26 bits per heavy atom. The van der Waals surface area contributed by atoms with Gasteiger partial charge in [-0.15, -0.1) is 0 Å². The molecule has 0 fully saturated rings. The number of nitrogens with one attached hydrogen (secondary N) is 1. The number of rotatable bonds is 10. The zero-order valence-corrected chi connectivity index (χ0v) is 18.0. The molecule has 0 atom stereocenters. The third kappa shape index (κ3) is 6.15. The lowest BCUT2D eigenvalue weighted by atomic mass is 10.1. The Hall–Kier alpha value is -3.67. The molecule has 3 aromatic rings. The van der Waals surface area contributed by atoms with Crippen LogP contribution < -0.4 is 24.3 Å². The van der Waals surface area contributed by atoms with Gasteiger partial charge in [-0.2, -0.15) is 0 Å². The zero-order chi connectivity index (χ0) is 22.1. The predicted molar refractivity (Wildman–Crippen MR) is 121 cm³/mol. The van der Waals surface area contributed by atoms with Crippen molar-refractivity contribution in [2.45, 2.75) is 20.5 Å². The second kappa shape index (κ2) is 10.9. The molecule has 0 spiro atoms. The van der Waals surface area contributed by atoms with Crippen LogP contribution in [0, 0.1) is 0 Å². The van der Waals surface area contributed by atoms with Crippen molar-refractivity contribution in [2.24, 2.45) is 0 Å². The number of hydrogen-bond acceptors (Lipinski definition) is 5. The summed E-state index contributed by atoms with van der Waals surface area (Å²) >= 11 is 0. The number of ether oxygens (including phenoxy) is 4. The van der Waals surface area contributed by atoms with Gasteiger partial charge in [0.1, 0.15) is 29.6 Å². The van der Waals surface area contributed by atoms with Crippen molar-refractivity contribution in [3.05, 3.63) is 77.9 Å². The highest BCUT2D eigenvalue weighted by atomic mass is 16.5. The van der Waals surface area contributed by atoms with E-state index in [-0.39, 0.29) is 12.5 Å². The molecule has 162 valence electrons. The molecule has 0 bridgehead atoms. The van der Waals surface area contributed by atoms with E-state index in [0.29, 0.717) is 41.7 Å². The molecule has 0 aliphatic carbocycles. The van der Waals surface area contributed by atoms with Crippen LogP contribution in [0.2, 0.25) is 0 Å². The maximum Gasteiger partial charge on any atom is 0.255 e. The lowest BCUT2D eigenvalue weighted by Crippen LogP contribution is -2.13. The Bertz CT molecular complexity index is 1000. The summed E-state index contributed by atoms with van der Waals surface area (Å²) in [6, 6.07) is 20.0. The van der Waals surface area contributed by atoms with E-state index in [0.717, 1.165) is 11.3 Å². The summed E-state index contributed by atoms with van der Waals surface area (Å²) in [5, 5.41) is 2.90. The van der Waals surface area contributed by atoms with Crippen molar-refractivity contribution in [1.82, 2.24) is 0 Å². The van der Waals surface area contributed by atoms with Gasteiger partial charge >= 0.3 is 0 Å². The lowest BCUT2D eigenvalue weighted by Gasteiger charge is -2.14. The summed E-state index contributed by atoms with van der Waals surface area (Å²) in [7, 11) is 1.61. The molecule has 1 amide bonds. The van der Waals surface area contributed by atoms with Crippen molar-refractivity contribution in [3.8, 4) is 23.0 Å². The SMILES string of the molecule is CCOc1ccc(NC(=O)c2ccc(OCC)c(COc3cccc(OC)c3)c2)cc1. The molecule has 0 aromatic heterocycles. The van der Waals surface area contributed by atoms with Crippen LogP contribution in [0.15, 0.2) is 66.7 Å². The van der Waals surface area contributed by atoms with Gasteiger partial charge in [0, 0.05) is 22.9 Å². The molecule has 0 aliphatic rings. The number of anilines is 1. The Labute approximate surface area is 182 Å². The second-order valence-electron chi connectivity index (χ2n) is 6.63. The van der Waals surface area contributed by atoms with Gasteiger partial charge in [0.15, 0.2) is 0 Å². The Balaban J connectivity index is 1.74. The minimum Gasteiger partial charge on any atom is -0.497 e. The fourth-order valence-electron chi connectivity index (χ4n) is 2.99. The van der Waals surface area contributed by atoms with Crippen LogP contribution in [-0.4, -0.2) is 26.2 Å². The van der Waals surface area contributed by atoms with Crippen LogP contribution in [0.3, 0.4) is 0 Å². The first-order chi connectivity index (χ1) is 15.1. The van der Waals surface area contributed by atoms with E-state index in [9.17, 15) is 4.79 Å². The summed E-state index contributed by atoms with van der Waals surface area (Å²) in [4.78, 5) is 12.8. The van der Waals surface area contributed by atoms with Gasteiger partial charge in [0.25, 0.3) is 5.91 Å². The maximum absolute atomic E-state index is 12.8. The standard InChI is InChI=1S/C25H27NO5/c1-4-29-21-12-10-20(11-13-21)26-25(27)18-9-14-24(30-5-2)19(15-18)17-31-23-8-6-7-22(16-23)28-3/h6-16H,4-5,17H2,1-3H3,(H,26,27). The highest BCUT2D eigenvalue weighted by Crippen LogP contribution is 2.25. The quantitative estimate of drug-likeness (QED) is 0.480. The summed E-state index contributed by atoms with van der Waals surface area (Å²) in [6.45, 7) is 5.21. The van der Waals surface area contributed by atoms with E-state index in [1.54, 1.807) is 25.3 Å². The van der Waals surface area contributed by atoms with Crippen LogP contribution in [-0.2, 0) is 6.61 Å². The fraction of sp³-hybridized carbons (Fsp3) is 0.240. The molecule has 0 unspecified atom stereocenters. The van der Waals surface area contributed by atoms with Gasteiger partial charge in [0.05, 0.1) is 20.3 Å². The number of methoxy groups -OCH3 is 1. The summed E-state index contributed by atoms with van der Waals surface area (Å²) in [5.74, 6) is 2.62. The van der Waals surface area contributed by atoms with Crippen molar-refractivity contribution in [3.63, 3.8) is 0 Å². The van der Waals surface area contributed by atoms with Crippen molar-refractivity contribution < 1.29 is 23.7 Å². The minimum absolute atomic E-state index is 0.213. The molecule has 6 heteroatoms. The van der Waals surface area contributed by atoms with Crippen LogP contribution in [0.1, 0.15) is 29.8 Å². The van der Waals surface area contributed by atoms with Crippen molar-refractivity contribution in [2.75, 3.05) is 25.6 Å². The largest absolute Gasteiger partial charge is 0.497 e.